The van der Waals surface area contributed by atoms with E-state index in [9.17, 15) is 9.90 Å². The van der Waals surface area contributed by atoms with Crippen LogP contribution in [0.1, 0.15) is 5.56 Å². The quantitative estimate of drug-likeness (QED) is 0.588. The zero-order valence-electron chi connectivity index (χ0n) is 16.6. The highest BCUT2D eigenvalue weighted by Gasteiger charge is 2.32. The molecule has 1 aliphatic rings. The van der Waals surface area contributed by atoms with Crippen molar-refractivity contribution in [2.24, 2.45) is 0 Å². The monoisotopic (exact) mass is 381 g/mol. The molecule has 0 bridgehead atoms. The van der Waals surface area contributed by atoms with Crippen LogP contribution >= 0.6 is 0 Å². The first-order chi connectivity index (χ1) is 12.9. The van der Waals surface area contributed by atoms with Crippen molar-refractivity contribution in [2.45, 2.75) is 18.7 Å². The van der Waals surface area contributed by atoms with Crippen LogP contribution in [0.15, 0.2) is 18.2 Å². The van der Waals surface area contributed by atoms with Crippen LogP contribution in [0.3, 0.4) is 0 Å². The minimum absolute atomic E-state index is 0.00426. The van der Waals surface area contributed by atoms with E-state index in [1.165, 1.54) is 7.11 Å². The molecule has 0 spiro atoms. The molecule has 0 radical (unpaired) electrons. The van der Waals surface area contributed by atoms with Gasteiger partial charge in [0.15, 0.2) is 11.5 Å². The molecule has 0 saturated carbocycles. The molecule has 1 aromatic rings. The number of likely N-dealkylation sites (tertiary alicyclic amines) is 1. The third kappa shape index (κ3) is 6.66. The minimum atomic E-state index is -0.596. The predicted octanol–water partition coefficient (Wildman–Crippen LogP) is -0.0567. The molecule has 0 aromatic heterocycles. The molecule has 2 rings (SSSR count). The van der Waals surface area contributed by atoms with Crippen molar-refractivity contribution in [1.29, 1.82) is 0 Å². The van der Waals surface area contributed by atoms with Crippen molar-refractivity contribution in [2.75, 3.05) is 61.2 Å². The molecule has 1 heterocycles. The third-order valence-corrected chi connectivity index (χ3v) is 4.42. The Kier molecular flexibility index (Phi) is 8.30. The van der Waals surface area contributed by atoms with Crippen molar-refractivity contribution < 1.29 is 24.1 Å². The molecule has 152 valence electrons. The van der Waals surface area contributed by atoms with Gasteiger partial charge in [0.2, 0.25) is 5.91 Å². The van der Waals surface area contributed by atoms with Crippen LogP contribution in [0, 0.1) is 0 Å². The molecule has 2 atom stereocenters. The summed E-state index contributed by atoms with van der Waals surface area (Å²) in [5.74, 6) is 1.19. The summed E-state index contributed by atoms with van der Waals surface area (Å²) in [5, 5.41) is 13.0. The Morgan fingerprint density at radius 2 is 2.07 bits per heavy atom. The molecule has 1 aliphatic heterocycles. The Balaban J connectivity index is 1.92. The number of hydrogen-bond donors (Lipinski definition) is 2. The fourth-order valence-electron chi connectivity index (χ4n) is 3.04. The van der Waals surface area contributed by atoms with Crippen molar-refractivity contribution in [3.63, 3.8) is 0 Å². The molecule has 8 nitrogen and oxygen atoms in total. The van der Waals surface area contributed by atoms with Crippen LogP contribution in [0.5, 0.6) is 11.5 Å². The minimum Gasteiger partial charge on any atom is -0.493 e. The molecular formula is C19H31N3O5. The second-order valence-electron chi connectivity index (χ2n) is 7.01. The SMILES string of the molecule is COCC(=O)N[C@@H]1CN(Cc2ccc(OCCN(C)C)c(OC)c2)C[C@H]1O. The number of hydrogen-bond acceptors (Lipinski definition) is 7. The van der Waals surface area contributed by atoms with Crippen molar-refractivity contribution >= 4 is 5.91 Å². The van der Waals surface area contributed by atoms with Crippen LogP contribution in [-0.2, 0) is 16.1 Å². The fourth-order valence-corrected chi connectivity index (χ4v) is 3.04. The van der Waals surface area contributed by atoms with E-state index in [2.05, 4.69) is 15.1 Å². The van der Waals surface area contributed by atoms with Gasteiger partial charge in [-0.3, -0.25) is 9.69 Å². The maximum atomic E-state index is 11.7. The lowest BCUT2D eigenvalue weighted by Gasteiger charge is -2.18. The van der Waals surface area contributed by atoms with E-state index in [4.69, 9.17) is 14.2 Å². The number of ether oxygens (including phenoxy) is 3. The van der Waals surface area contributed by atoms with Gasteiger partial charge in [0, 0.05) is 33.3 Å². The van der Waals surface area contributed by atoms with E-state index in [1.54, 1.807) is 7.11 Å². The van der Waals surface area contributed by atoms with Gasteiger partial charge < -0.3 is 29.5 Å². The van der Waals surface area contributed by atoms with Gasteiger partial charge in [-0.2, -0.15) is 0 Å². The second kappa shape index (κ2) is 10.5. The Morgan fingerprint density at radius 3 is 2.74 bits per heavy atom. The molecule has 0 unspecified atom stereocenters. The summed E-state index contributed by atoms with van der Waals surface area (Å²) in [5.41, 5.74) is 1.06. The number of carbonyl (C=O) groups is 1. The zero-order chi connectivity index (χ0) is 19.8. The summed E-state index contributed by atoms with van der Waals surface area (Å²) in [6.45, 7) is 3.15. The Morgan fingerprint density at radius 1 is 1.30 bits per heavy atom. The molecule has 1 saturated heterocycles. The van der Waals surface area contributed by atoms with Gasteiger partial charge in [0.1, 0.15) is 13.2 Å². The summed E-state index contributed by atoms with van der Waals surface area (Å²) in [6, 6.07) is 5.57. The number of nitrogens with zero attached hydrogens (tertiary/aromatic N) is 2. The highest BCUT2D eigenvalue weighted by Crippen LogP contribution is 2.29. The van der Waals surface area contributed by atoms with Crippen LogP contribution < -0.4 is 14.8 Å². The lowest BCUT2D eigenvalue weighted by Crippen LogP contribution is -2.44. The number of rotatable bonds is 10. The summed E-state index contributed by atoms with van der Waals surface area (Å²) < 4.78 is 16.1. The Labute approximate surface area is 161 Å². The van der Waals surface area contributed by atoms with Gasteiger partial charge in [-0.1, -0.05) is 6.07 Å². The Bertz CT molecular complexity index is 611. The van der Waals surface area contributed by atoms with E-state index in [0.29, 0.717) is 37.7 Å². The molecule has 1 fully saturated rings. The molecule has 1 aromatic carbocycles. The first-order valence-electron chi connectivity index (χ1n) is 9.06. The summed E-state index contributed by atoms with van der Waals surface area (Å²) in [7, 11) is 7.09. The first kappa shape index (κ1) is 21.4. The zero-order valence-corrected chi connectivity index (χ0v) is 16.6. The number of aliphatic hydroxyl groups excluding tert-OH is 1. The number of likely N-dealkylation sites (N-methyl/N-ethyl adjacent to an activating group) is 1. The van der Waals surface area contributed by atoms with Gasteiger partial charge >= 0.3 is 0 Å². The standard InChI is InChI=1S/C19H31N3O5/c1-21(2)7-8-27-17-6-5-14(9-18(17)26-4)10-22-11-15(16(23)12-22)20-19(24)13-25-3/h5-6,9,15-16,23H,7-8,10-13H2,1-4H3,(H,20,24)/t15-,16-/m1/s1. The molecule has 27 heavy (non-hydrogen) atoms. The molecule has 2 N–H and O–H groups in total. The highest BCUT2D eigenvalue weighted by molar-refractivity contribution is 5.77. The molecule has 8 heteroatoms. The van der Waals surface area contributed by atoms with Crippen LogP contribution in [0.25, 0.3) is 0 Å². The van der Waals surface area contributed by atoms with Crippen LogP contribution in [0.2, 0.25) is 0 Å². The first-order valence-corrected chi connectivity index (χ1v) is 9.06. The second-order valence-corrected chi connectivity index (χ2v) is 7.01. The van der Waals surface area contributed by atoms with Gasteiger partial charge in [0.25, 0.3) is 0 Å². The average molecular weight is 381 g/mol. The summed E-state index contributed by atoms with van der Waals surface area (Å²) in [6.07, 6.45) is -0.596. The number of amides is 1. The van der Waals surface area contributed by atoms with E-state index in [1.807, 2.05) is 32.3 Å². The van der Waals surface area contributed by atoms with E-state index in [0.717, 1.165) is 12.1 Å². The highest BCUT2D eigenvalue weighted by atomic mass is 16.5. The molecule has 0 aliphatic carbocycles. The third-order valence-electron chi connectivity index (χ3n) is 4.42. The van der Waals surface area contributed by atoms with E-state index in [-0.39, 0.29) is 18.6 Å². The maximum absolute atomic E-state index is 11.7. The van der Waals surface area contributed by atoms with Crippen molar-refractivity contribution in [3.8, 4) is 11.5 Å². The van der Waals surface area contributed by atoms with Crippen molar-refractivity contribution in [1.82, 2.24) is 15.1 Å². The summed E-state index contributed by atoms with van der Waals surface area (Å²) in [4.78, 5) is 15.8. The lowest BCUT2D eigenvalue weighted by molar-refractivity contribution is -0.125. The largest absolute Gasteiger partial charge is 0.493 e. The average Bonchev–Trinajstić information content (AvgIpc) is 2.94. The predicted molar refractivity (Wildman–Crippen MR) is 102 cm³/mol. The van der Waals surface area contributed by atoms with E-state index < -0.39 is 6.10 Å². The number of methoxy groups -OCH3 is 2. The normalized spacial score (nSPS) is 20.1. The number of nitrogens with one attached hydrogen (secondary N) is 1. The van der Waals surface area contributed by atoms with Crippen LogP contribution in [-0.4, -0.2) is 94.1 Å². The van der Waals surface area contributed by atoms with Gasteiger partial charge in [-0.15, -0.1) is 0 Å². The molecular weight excluding hydrogens is 350 g/mol. The number of benzene rings is 1. The number of carbonyl (C=O) groups excluding carboxylic acids is 1. The molecule has 1 amide bonds. The van der Waals surface area contributed by atoms with Gasteiger partial charge in [-0.05, 0) is 31.8 Å². The van der Waals surface area contributed by atoms with E-state index >= 15 is 0 Å². The Hall–Kier alpha value is -1.87. The van der Waals surface area contributed by atoms with Gasteiger partial charge in [-0.25, -0.2) is 0 Å². The lowest BCUT2D eigenvalue weighted by atomic mass is 10.2. The summed E-state index contributed by atoms with van der Waals surface area (Å²) >= 11 is 0. The van der Waals surface area contributed by atoms with Gasteiger partial charge in [0.05, 0.1) is 19.3 Å². The van der Waals surface area contributed by atoms with Crippen molar-refractivity contribution in [3.05, 3.63) is 23.8 Å². The smallest absolute Gasteiger partial charge is 0.246 e. The maximum Gasteiger partial charge on any atom is 0.246 e. The fraction of sp³-hybridized carbons (Fsp3) is 0.632. The van der Waals surface area contributed by atoms with Crippen LogP contribution in [0.4, 0.5) is 0 Å². The number of aliphatic hydroxyl groups is 1. The number of β-amino-alcohol motifs (C(OH)–C–C–N with tert-alkyl or cyclic N) is 1. The topological polar surface area (TPSA) is 83.5 Å².